The average Bonchev–Trinajstić information content (AvgIpc) is 2.38. The lowest BCUT2D eigenvalue weighted by Gasteiger charge is -2.28. The van der Waals surface area contributed by atoms with Crippen molar-refractivity contribution in [3.05, 3.63) is 16.7 Å². The molecular formula is C12H18BrN3O3S. The molecule has 20 heavy (non-hydrogen) atoms. The van der Waals surface area contributed by atoms with Crippen LogP contribution in [0.4, 0.5) is 0 Å². The van der Waals surface area contributed by atoms with Gasteiger partial charge in [0.1, 0.15) is 4.90 Å². The maximum atomic E-state index is 11.2. The number of rotatable bonds is 4. The van der Waals surface area contributed by atoms with E-state index in [9.17, 15) is 8.42 Å². The minimum absolute atomic E-state index is 0.0315. The molecule has 1 aliphatic rings. The summed E-state index contributed by atoms with van der Waals surface area (Å²) < 4.78 is 28.6. The molecule has 6 nitrogen and oxygen atoms in total. The van der Waals surface area contributed by atoms with Gasteiger partial charge in [-0.05, 0) is 60.9 Å². The summed E-state index contributed by atoms with van der Waals surface area (Å²) in [7, 11) is -1.62. The summed E-state index contributed by atoms with van der Waals surface area (Å²) in [6.07, 6.45) is 3.41. The van der Waals surface area contributed by atoms with Crippen LogP contribution in [0.25, 0.3) is 0 Å². The van der Waals surface area contributed by atoms with Crippen LogP contribution in [0, 0.1) is 5.92 Å². The third kappa shape index (κ3) is 4.15. The number of nitrogens with zero attached hydrogens (tertiary/aromatic N) is 2. The van der Waals surface area contributed by atoms with Crippen LogP contribution in [0.3, 0.4) is 0 Å². The third-order valence-corrected chi connectivity index (χ3v) is 4.85. The maximum absolute atomic E-state index is 11.2. The van der Waals surface area contributed by atoms with Gasteiger partial charge < -0.3 is 9.64 Å². The molecule has 0 saturated carbocycles. The van der Waals surface area contributed by atoms with Crippen LogP contribution in [0.2, 0.25) is 0 Å². The highest BCUT2D eigenvalue weighted by Gasteiger charge is 2.18. The Kier molecular flexibility index (Phi) is 5.00. The number of primary sulfonamides is 1. The zero-order chi connectivity index (χ0) is 14.8. The SMILES string of the molecule is CN1CCC(COc2ncc(S(N)(=O)=O)cc2Br)CC1. The number of nitrogens with two attached hydrogens (primary N) is 1. The van der Waals surface area contributed by atoms with E-state index in [0.717, 1.165) is 25.9 Å². The van der Waals surface area contributed by atoms with Gasteiger partial charge in [0.15, 0.2) is 0 Å². The number of halogens is 1. The van der Waals surface area contributed by atoms with E-state index in [1.807, 2.05) is 0 Å². The van der Waals surface area contributed by atoms with Crippen LogP contribution in [0.1, 0.15) is 12.8 Å². The Bertz CT molecular complexity index is 571. The van der Waals surface area contributed by atoms with Gasteiger partial charge in [-0.2, -0.15) is 0 Å². The lowest BCUT2D eigenvalue weighted by atomic mass is 9.98. The molecule has 2 N–H and O–H groups in total. The third-order valence-electron chi connectivity index (χ3n) is 3.40. The van der Waals surface area contributed by atoms with Gasteiger partial charge in [0, 0.05) is 0 Å². The summed E-state index contributed by atoms with van der Waals surface area (Å²) in [5, 5.41) is 5.05. The Morgan fingerprint density at radius 3 is 2.70 bits per heavy atom. The van der Waals surface area contributed by atoms with Crippen molar-refractivity contribution in [2.24, 2.45) is 11.1 Å². The highest BCUT2D eigenvalue weighted by Crippen LogP contribution is 2.26. The largest absolute Gasteiger partial charge is 0.477 e. The number of aromatic nitrogens is 1. The summed E-state index contributed by atoms with van der Waals surface area (Å²) in [6.45, 7) is 2.74. The molecule has 2 heterocycles. The first-order valence-corrected chi connectivity index (χ1v) is 8.70. The fraction of sp³-hybridized carbons (Fsp3) is 0.583. The molecule has 0 amide bonds. The van der Waals surface area contributed by atoms with E-state index < -0.39 is 10.0 Å². The van der Waals surface area contributed by atoms with Gasteiger partial charge >= 0.3 is 0 Å². The Morgan fingerprint density at radius 2 is 2.15 bits per heavy atom. The zero-order valence-electron chi connectivity index (χ0n) is 11.3. The second kappa shape index (κ2) is 6.38. The van der Waals surface area contributed by atoms with E-state index >= 15 is 0 Å². The molecule has 8 heteroatoms. The van der Waals surface area contributed by atoms with Gasteiger partial charge in [-0.1, -0.05) is 0 Å². The molecule has 1 aromatic rings. The fourth-order valence-electron chi connectivity index (χ4n) is 2.10. The second-order valence-corrected chi connectivity index (χ2v) is 7.48. The summed E-state index contributed by atoms with van der Waals surface area (Å²) >= 11 is 3.26. The van der Waals surface area contributed by atoms with Crippen LogP contribution < -0.4 is 9.88 Å². The number of hydrogen-bond acceptors (Lipinski definition) is 5. The molecule has 0 unspecified atom stereocenters. The van der Waals surface area contributed by atoms with Crippen molar-refractivity contribution in [2.75, 3.05) is 26.7 Å². The predicted octanol–water partition coefficient (Wildman–Crippen LogP) is 1.21. The fourth-order valence-corrected chi connectivity index (χ4v) is 3.19. The van der Waals surface area contributed by atoms with Gasteiger partial charge in [-0.15, -0.1) is 0 Å². The summed E-state index contributed by atoms with van der Waals surface area (Å²) in [6, 6.07) is 1.41. The molecule has 2 rings (SSSR count). The first kappa shape index (κ1) is 15.7. The van der Waals surface area contributed by atoms with E-state index in [-0.39, 0.29) is 4.90 Å². The van der Waals surface area contributed by atoms with Crippen molar-refractivity contribution in [1.82, 2.24) is 9.88 Å². The normalized spacial score (nSPS) is 18.1. The highest BCUT2D eigenvalue weighted by molar-refractivity contribution is 9.10. The summed E-state index contributed by atoms with van der Waals surface area (Å²) in [4.78, 5) is 6.27. The molecule has 112 valence electrons. The molecule has 0 spiro atoms. The van der Waals surface area contributed by atoms with Crippen molar-refractivity contribution in [3.8, 4) is 5.88 Å². The quantitative estimate of drug-likeness (QED) is 0.868. The van der Waals surface area contributed by atoms with Gasteiger partial charge in [0.2, 0.25) is 15.9 Å². The van der Waals surface area contributed by atoms with Crippen molar-refractivity contribution in [2.45, 2.75) is 17.7 Å². The van der Waals surface area contributed by atoms with Crippen molar-refractivity contribution in [1.29, 1.82) is 0 Å². The lowest BCUT2D eigenvalue weighted by Crippen LogP contribution is -2.32. The minimum Gasteiger partial charge on any atom is -0.477 e. The van der Waals surface area contributed by atoms with E-state index in [1.54, 1.807) is 0 Å². The topological polar surface area (TPSA) is 85.5 Å². The van der Waals surface area contributed by atoms with Crippen LogP contribution in [-0.4, -0.2) is 45.0 Å². The number of ether oxygens (including phenoxy) is 1. The molecular weight excluding hydrogens is 346 g/mol. The number of sulfonamides is 1. The van der Waals surface area contributed by atoms with E-state index in [4.69, 9.17) is 9.88 Å². The number of piperidine rings is 1. The van der Waals surface area contributed by atoms with Crippen molar-refractivity contribution >= 4 is 26.0 Å². The Balaban J connectivity index is 1.97. The smallest absolute Gasteiger partial charge is 0.239 e. The molecule has 0 bridgehead atoms. The molecule has 0 aromatic carbocycles. The Hall–Kier alpha value is -0.700. The standard InChI is InChI=1S/C12H18BrN3O3S/c1-16-4-2-9(3-5-16)8-19-12-11(13)6-10(7-15-12)20(14,17)18/h6-7,9H,2-5,8H2,1H3,(H2,14,17,18). The van der Waals surface area contributed by atoms with Crippen molar-refractivity contribution < 1.29 is 13.2 Å². The van der Waals surface area contributed by atoms with Crippen LogP contribution in [-0.2, 0) is 10.0 Å². The molecule has 0 atom stereocenters. The molecule has 1 saturated heterocycles. The summed E-state index contributed by atoms with van der Waals surface area (Å²) in [5.41, 5.74) is 0. The van der Waals surface area contributed by atoms with Crippen LogP contribution in [0.5, 0.6) is 5.88 Å². The molecule has 0 aliphatic carbocycles. The van der Waals surface area contributed by atoms with Gasteiger partial charge in [0.05, 0.1) is 17.3 Å². The second-order valence-electron chi connectivity index (χ2n) is 5.06. The Labute approximate surface area is 127 Å². The van der Waals surface area contributed by atoms with Gasteiger partial charge in [-0.3, -0.25) is 0 Å². The minimum atomic E-state index is -3.74. The average molecular weight is 364 g/mol. The molecule has 1 aromatic heterocycles. The molecule has 1 aliphatic heterocycles. The molecule has 1 fully saturated rings. The first-order chi connectivity index (χ1) is 9.36. The maximum Gasteiger partial charge on any atom is 0.239 e. The van der Waals surface area contributed by atoms with E-state index in [2.05, 4.69) is 32.9 Å². The van der Waals surface area contributed by atoms with Gasteiger partial charge in [0.25, 0.3) is 0 Å². The number of likely N-dealkylation sites (tertiary alicyclic amines) is 1. The monoisotopic (exact) mass is 363 g/mol. The number of hydrogen-bond donors (Lipinski definition) is 1. The Morgan fingerprint density at radius 1 is 1.50 bits per heavy atom. The van der Waals surface area contributed by atoms with E-state index in [1.165, 1.54) is 12.3 Å². The van der Waals surface area contributed by atoms with Gasteiger partial charge in [-0.25, -0.2) is 18.5 Å². The first-order valence-electron chi connectivity index (χ1n) is 6.36. The summed E-state index contributed by atoms with van der Waals surface area (Å²) in [5.74, 6) is 0.911. The van der Waals surface area contributed by atoms with Crippen LogP contribution >= 0.6 is 15.9 Å². The zero-order valence-corrected chi connectivity index (χ0v) is 13.7. The van der Waals surface area contributed by atoms with Crippen molar-refractivity contribution in [3.63, 3.8) is 0 Å². The van der Waals surface area contributed by atoms with E-state index in [0.29, 0.717) is 22.9 Å². The highest BCUT2D eigenvalue weighted by atomic mass is 79.9. The number of pyridine rings is 1. The predicted molar refractivity (Wildman–Crippen MR) is 79.0 cm³/mol. The lowest BCUT2D eigenvalue weighted by molar-refractivity contribution is 0.156. The molecule has 0 radical (unpaired) electrons. The van der Waals surface area contributed by atoms with Crippen LogP contribution in [0.15, 0.2) is 21.6 Å².